The highest BCUT2D eigenvalue weighted by Gasteiger charge is 2.15. The van der Waals surface area contributed by atoms with E-state index in [9.17, 15) is 24.3 Å². The Labute approximate surface area is 324 Å². The monoisotopic (exact) mass is 766 g/mol. The molecule has 4 aromatic carbocycles. The number of benzene rings is 4. The van der Waals surface area contributed by atoms with Crippen LogP contribution in [0.25, 0.3) is 0 Å². The standard InChI is InChI=1S/C8H18O2.4C7H6O2.C7H16O2/c1-3-5-7(6-9)8(10)4-2;4*8-7(9)6-4-2-1-3-5-6;1-3-6(5-8)7(9)4-2/h7-10H,3-6H2,1-2H3;4*1-5H,(H,8,9);6-9H,3-5H2,1-2H3. The van der Waals surface area contributed by atoms with Crippen molar-refractivity contribution in [3.05, 3.63) is 144 Å². The maximum absolute atomic E-state index is 10.2. The lowest BCUT2D eigenvalue weighted by Gasteiger charge is -2.18. The van der Waals surface area contributed by atoms with Gasteiger partial charge in [0.1, 0.15) is 0 Å². The molecule has 4 aromatic rings. The van der Waals surface area contributed by atoms with Crippen LogP contribution in [0.5, 0.6) is 0 Å². The van der Waals surface area contributed by atoms with Crippen molar-refractivity contribution in [1.82, 2.24) is 0 Å². The molecule has 0 spiro atoms. The Morgan fingerprint density at radius 2 is 0.655 bits per heavy atom. The van der Waals surface area contributed by atoms with Crippen molar-refractivity contribution in [3.63, 3.8) is 0 Å². The molecule has 12 nitrogen and oxygen atoms in total. The molecular weight excluding hydrogens is 708 g/mol. The van der Waals surface area contributed by atoms with Gasteiger partial charge in [-0.15, -0.1) is 0 Å². The van der Waals surface area contributed by atoms with Gasteiger partial charge in [-0.05, 0) is 74.2 Å². The maximum atomic E-state index is 10.2. The van der Waals surface area contributed by atoms with Crippen LogP contribution < -0.4 is 0 Å². The van der Waals surface area contributed by atoms with Crippen molar-refractivity contribution in [1.29, 1.82) is 0 Å². The molecule has 55 heavy (non-hydrogen) atoms. The smallest absolute Gasteiger partial charge is 0.335 e. The van der Waals surface area contributed by atoms with Gasteiger partial charge in [-0.3, -0.25) is 0 Å². The number of hydrogen-bond acceptors (Lipinski definition) is 8. The second-order valence-corrected chi connectivity index (χ2v) is 11.7. The lowest BCUT2D eigenvalue weighted by Crippen LogP contribution is -2.22. The van der Waals surface area contributed by atoms with Gasteiger partial charge < -0.3 is 40.9 Å². The molecule has 0 amide bonds. The molecule has 12 heteroatoms. The summed E-state index contributed by atoms with van der Waals surface area (Å²) in [5, 5.41) is 69.5. The van der Waals surface area contributed by atoms with Crippen molar-refractivity contribution in [2.24, 2.45) is 11.8 Å². The molecule has 4 atom stereocenters. The normalized spacial score (nSPS) is 11.7. The molecule has 0 saturated heterocycles. The number of aliphatic hydroxyl groups is 4. The summed E-state index contributed by atoms with van der Waals surface area (Å²) in [5.74, 6) is -3.35. The number of carboxylic acids is 4. The largest absolute Gasteiger partial charge is 0.478 e. The van der Waals surface area contributed by atoms with Crippen LogP contribution in [0.3, 0.4) is 0 Å². The lowest BCUT2D eigenvalue weighted by molar-refractivity contribution is 0.0592. The Kier molecular flexibility index (Phi) is 31.2. The van der Waals surface area contributed by atoms with E-state index in [1.54, 1.807) is 121 Å². The van der Waals surface area contributed by atoms with E-state index in [0.717, 1.165) is 32.1 Å². The van der Waals surface area contributed by atoms with Gasteiger partial charge in [-0.25, -0.2) is 19.2 Å². The van der Waals surface area contributed by atoms with E-state index >= 15 is 0 Å². The maximum Gasteiger partial charge on any atom is 0.335 e. The minimum Gasteiger partial charge on any atom is -0.478 e. The van der Waals surface area contributed by atoms with Gasteiger partial charge in [-0.1, -0.05) is 107 Å². The van der Waals surface area contributed by atoms with Gasteiger partial charge in [0.15, 0.2) is 0 Å². The van der Waals surface area contributed by atoms with E-state index < -0.39 is 23.9 Å². The quantitative estimate of drug-likeness (QED) is 0.0662. The lowest BCUT2D eigenvalue weighted by atomic mass is 9.96. The molecule has 4 unspecified atom stereocenters. The third kappa shape index (κ3) is 26.1. The first kappa shape index (κ1) is 51.7. The highest BCUT2D eigenvalue weighted by molar-refractivity contribution is 5.88. The van der Waals surface area contributed by atoms with Gasteiger partial charge in [-0.2, -0.15) is 0 Å². The summed E-state index contributed by atoms with van der Waals surface area (Å²) in [6.07, 6.45) is 3.65. The Morgan fingerprint density at radius 3 is 0.782 bits per heavy atom. The van der Waals surface area contributed by atoms with E-state index in [-0.39, 0.29) is 37.3 Å². The summed E-state index contributed by atoms with van der Waals surface area (Å²) in [7, 11) is 0. The van der Waals surface area contributed by atoms with Crippen molar-refractivity contribution < 1.29 is 60.0 Å². The van der Waals surface area contributed by atoms with Gasteiger partial charge in [0.05, 0.1) is 34.5 Å². The first-order valence-corrected chi connectivity index (χ1v) is 17.9. The van der Waals surface area contributed by atoms with E-state index in [4.69, 9.17) is 35.7 Å². The summed E-state index contributed by atoms with van der Waals surface area (Å²) in [4.78, 5) is 40.8. The van der Waals surface area contributed by atoms with Crippen molar-refractivity contribution in [3.8, 4) is 0 Å². The summed E-state index contributed by atoms with van der Waals surface area (Å²) in [6, 6.07) is 33.2. The minimum absolute atomic E-state index is 0.0787. The van der Waals surface area contributed by atoms with Gasteiger partial charge in [0, 0.05) is 25.0 Å². The highest BCUT2D eigenvalue weighted by Crippen LogP contribution is 2.13. The van der Waals surface area contributed by atoms with E-state index in [2.05, 4.69) is 6.92 Å². The molecule has 0 saturated carbocycles. The SMILES string of the molecule is CCC(O)C(CC)CO.CCCC(CO)C(O)CC.O=C(O)c1ccccc1.O=C(O)c1ccccc1.O=C(O)c1ccccc1.O=C(O)c1ccccc1. The highest BCUT2D eigenvalue weighted by atomic mass is 16.4. The third-order valence-electron chi connectivity index (χ3n) is 7.66. The molecular formula is C43H58O12. The molecule has 302 valence electrons. The van der Waals surface area contributed by atoms with Gasteiger partial charge >= 0.3 is 23.9 Å². The molecule has 0 radical (unpaired) electrons. The summed E-state index contributed by atoms with van der Waals surface area (Å²) in [5.41, 5.74) is 1.32. The Morgan fingerprint density at radius 1 is 0.418 bits per heavy atom. The number of aromatic carboxylic acids is 4. The third-order valence-corrected chi connectivity index (χ3v) is 7.66. The van der Waals surface area contributed by atoms with Crippen molar-refractivity contribution in [2.75, 3.05) is 13.2 Å². The minimum atomic E-state index is -0.879. The molecule has 0 fully saturated rings. The zero-order valence-corrected chi connectivity index (χ0v) is 32.0. The molecule has 0 bridgehead atoms. The number of aliphatic hydroxyl groups excluding tert-OH is 4. The van der Waals surface area contributed by atoms with E-state index in [1.807, 2.05) is 20.8 Å². The second kappa shape index (κ2) is 33.2. The average molecular weight is 767 g/mol. The molecule has 0 aliphatic carbocycles. The number of carbonyl (C=O) groups is 4. The van der Waals surface area contributed by atoms with Gasteiger partial charge in [0.2, 0.25) is 0 Å². The number of hydrogen-bond donors (Lipinski definition) is 8. The topological polar surface area (TPSA) is 230 Å². The molecule has 0 aliphatic rings. The van der Waals surface area contributed by atoms with Crippen LogP contribution in [0.15, 0.2) is 121 Å². The summed E-state index contributed by atoms with van der Waals surface area (Å²) in [6.45, 7) is 8.10. The van der Waals surface area contributed by atoms with E-state index in [1.165, 1.54) is 0 Å². The Balaban J connectivity index is 0. The number of carboxylic acid groups (broad SMARTS) is 4. The van der Waals surface area contributed by atoms with Crippen LogP contribution in [0.1, 0.15) is 101 Å². The van der Waals surface area contributed by atoms with Crippen LogP contribution in [-0.2, 0) is 0 Å². The van der Waals surface area contributed by atoms with Crippen molar-refractivity contribution >= 4 is 23.9 Å². The van der Waals surface area contributed by atoms with Gasteiger partial charge in [0.25, 0.3) is 0 Å². The average Bonchev–Trinajstić information content (AvgIpc) is 3.22. The Hall–Kier alpha value is -5.40. The fourth-order valence-electron chi connectivity index (χ4n) is 4.29. The molecule has 0 aromatic heterocycles. The number of rotatable bonds is 13. The zero-order valence-electron chi connectivity index (χ0n) is 32.0. The van der Waals surface area contributed by atoms with Crippen molar-refractivity contribution in [2.45, 2.75) is 72.0 Å². The zero-order chi connectivity index (χ0) is 42.0. The van der Waals surface area contributed by atoms with Crippen LogP contribution in [0, 0.1) is 11.8 Å². The first-order valence-electron chi connectivity index (χ1n) is 17.9. The van der Waals surface area contributed by atoms with Crippen LogP contribution in [-0.4, -0.2) is 90.2 Å². The molecule has 8 N–H and O–H groups in total. The summed E-state index contributed by atoms with van der Waals surface area (Å²) >= 11 is 0. The predicted octanol–water partition coefficient (Wildman–Crippen LogP) is 7.48. The molecule has 0 heterocycles. The second-order valence-electron chi connectivity index (χ2n) is 11.7. The van der Waals surface area contributed by atoms with Crippen LogP contribution in [0.2, 0.25) is 0 Å². The van der Waals surface area contributed by atoms with Crippen LogP contribution >= 0.6 is 0 Å². The molecule has 0 aliphatic heterocycles. The summed E-state index contributed by atoms with van der Waals surface area (Å²) < 4.78 is 0. The first-order chi connectivity index (χ1) is 26.2. The van der Waals surface area contributed by atoms with Crippen LogP contribution in [0.4, 0.5) is 0 Å². The predicted molar refractivity (Wildman–Crippen MR) is 213 cm³/mol. The Bertz CT molecular complexity index is 1330. The fourth-order valence-corrected chi connectivity index (χ4v) is 4.29. The van der Waals surface area contributed by atoms with E-state index in [0.29, 0.717) is 22.3 Å². The fraction of sp³-hybridized carbons (Fsp3) is 0.349. The molecule has 4 rings (SSSR count).